The Morgan fingerprint density at radius 3 is 2.86 bits per heavy atom. The first-order chi connectivity index (χ1) is 10.1. The standard InChI is InChI=1S/C15H19N3O3/c1-3-17-7-6-10(9-17)18-14(19)12-8-11(21-2)4-5-13(12)16-15(18)20/h4-5,8,10H,3,6-7,9H2,1-2H3,(H,16,20). The average Bonchev–Trinajstić information content (AvgIpc) is 2.95. The molecule has 1 aromatic carbocycles. The maximum Gasteiger partial charge on any atom is 0.329 e. The van der Waals surface area contributed by atoms with Gasteiger partial charge in [-0.15, -0.1) is 0 Å². The summed E-state index contributed by atoms with van der Waals surface area (Å²) in [5, 5.41) is 0.490. The van der Waals surface area contributed by atoms with Gasteiger partial charge in [0.1, 0.15) is 5.75 Å². The van der Waals surface area contributed by atoms with Gasteiger partial charge in [-0.3, -0.25) is 9.36 Å². The molecule has 0 spiro atoms. The summed E-state index contributed by atoms with van der Waals surface area (Å²) in [6.07, 6.45) is 0.826. The van der Waals surface area contributed by atoms with Gasteiger partial charge in [0.2, 0.25) is 0 Å². The van der Waals surface area contributed by atoms with Crippen molar-refractivity contribution in [3.63, 3.8) is 0 Å². The van der Waals surface area contributed by atoms with Crippen LogP contribution in [-0.2, 0) is 0 Å². The van der Waals surface area contributed by atoms with Gasteiger partial charge in [-0.05, 0) is 31.2 Å². The Morgan fingerprint density at radius 2 is 2.19 bits per heavy atom. The number of likely N-dealkylation sites (tertiary alicyclic amines) is 1. The summed E-state index contributed by atoms with van der Waals surface area (Å²) in [7, 11) is 1.56. The second kappa shape index (κ2) is 5.37. The lowest BCUT2D eigenvalue weighted by Crippen LogP contribution is -2.39. The number of ether oxygens (including phenoxy) is 1. The second-order valence-electron chi connectivity index (χ2n) is 5.35. The Kier molecular flexibility index (Phi) is 3.55. The van der Waals surface area contributed by atoms with Gasteiger partial charge < -0.3 is 14.6 Å². The summed E-state index contributed by atoms with van der Waals surface area (Å²) in [5.41, 5.74) is -0.0244. The monoisotopic (exact) mass is 289 g/mol. The van der Waals surface area contributed by atoms with Crippen molar-refractivity contribution in [2.75, 3.05) is 26.7 Å². The van der Waals surface area contributed by atoms with Crippen LogP contribution in [0.3, 0.4) is 0 Å². The van der Waals surface area contributed by atoms with E-state index in [9.17, 15) is 9.59 Å². The molecule has 0 saturated carbocycles. The number of methoxy groups -OCH3 is 1. The van der Waals surface area contributed by atoms with E-state index < -0.39 is 0 Å². The van der Waals surface area contributed by atoms with Gasteiger partial charge in [-0.25, -0.2) is 4.79 Å². The van der Waals surface area contributed by atoms with Crippen molar-refractivity contribution in [2.45, 2.75) is 19.4 Å². The molecule has 1 aliphatic heterocycles. The number of likely N-dealkylation sites (N-methyl/N-ethyl adjacent to an activating group) is 1. The normalized spacial score (nSPS) is 19.2. The van der Waals surface area contributed by atoms with E-state index >= 15 is 0 Å². The van der Waals surface area contributed by atoms with Crippen molar-refractivity contribution < 1.29 is 4.74 Å². The highest BCUT2D eigenvalue weighted by Gasteiger charge is 2.25. The van der Waals surface area contributed by atoms with Gasteiger partial charge in [0.05, 0.1) is 24.1 Å². The van der Waals surface area contributed by atoms with Crippen LogP contribution in [0.5, 0.6) is 5.75 Å². The van der Waals surface area contributed by atoms with E-state index in [2.05, 4.69) is 16.8 Å². The first kappa shape index (κ1) is 13.9. The minimum absolute atomic E-state index is 0.0585. The van der Waals surface area contributed by atoms with E-state index in [0.29, 0.717) is 16.7 Å². The molecule has 1 aliphatic rings. The minimum Gasteiger partial charge on any atom is -0.497 e. The van der Waals surface area contributed by atoms with E-state index in [-0.39, 0.29) is 17.3 Å². The zero-order valence-corrected chi connectivity index (χ0v) is 12.3. The molecule has 0 aliphatic carbocycles. The largest absolute Gasteiger partial charge is 0.497 e. The SMILES string of the molecule is CCN1CCC(n2c(=O)[nH]c3ccc(OC)cc3c2=O)C1. The highest BCUT2D eigenvalue weighted by atomic mass is 16.5. The smallest absolute Gasteiger partial charge is 0.329 e. The third kappa shape index (κ3) is 2.35. The van der Waals surface area contributed by atoms with Crippen LogP contribution >= 0.6 is 0 Å². The zero-order chi connectivity index (χ0) is 15.0. The molecule has 6 heteroatoms. The molecule has 1 aromatic heterocycles. The van der Waals surface area contributed by atoms with Crippen LogP contribution in [0.2, 0.25) is 0 Å². The lowest BCUT2D eigenvalue weighted by Gasteiger charge is -2.15. The Hall–Kier alpha value is -2.08. The van der Waals surface area contributed by atoms with Crippen LogP contribution < -0.4 is 16.0 Å². The van der Waals surface area contributed by atoms with Crippen LogP contribution in [-0.4, -0.2) is 41.2 Å². The quantitative estimate of drug-likeness (QED) is 0.914. The molecule has 6 nitrogen and oxygen atoms in total. The fourth-order valence-electron chi connectivity index (χ4n) is 2.98. The summed E-state index contributed by atoms with van der Waals surface area (Å²) >= 11 is 0. The van der Waals surface area contributed by atoms with Crippen LogP contribution in [0.25, 0.3) is 10.9 Å². The highest BCUT2D eigenvalue weighted by Crippen LogP contribution is 2.20. The summed E-state index contributed by atoms with van der Waals surface area (Å²) < 4.78 is 6.52. The lowest BCUT2D eigenvalue weighted by atomic mass is 10.2. The summed E-state index contributed by atoms with van der Waals surface area (Å²) in [6, 6.07) is 5.05. The summed E-state index contributed by atoms with van der Waals surface area (Å²) in [6.45, 7) is 4.68. The molecule has 1 saturated heterocycles. The van der Waals surface area contributed by atoms with Crippen molar-refractivity contribution in [3.8, 4) is 5.75 Å². The molecular weight excluding hydrogens is 270 g/mol. The van der Waals surface area contributed by atoms with Crippen molar-refractivity contribution in [1.29, 1.82) is 0 Å². The van der Waals surface area contributed by atoms with Gasteiger partial charge >= 0.3 is 5.69 Å². The maximum absolute atomic E-state index is 12.7. The zero-order valence-electron chi connectivity index (χ0n) is 12.3. The number of hydrogen-bond donors (Lipinski definition) is 1. The Balaban J connectivity index is 2.15. The average molecular weight is 289 g/mol. The van der Waals surface area contributed by atoms with Gasteiger partial charge in [0.25, 0.3) is 5.56 Å². The van der Waals surface area contributed by atoms with Crippen molar-refractivity contribution in [2.24, 2.45) is 0 Å². The summed E-state index contributed by atoms with van der Waals surface area (Å²) in [4.78, 5) is 30.0. The number of aromatic amines is 1. The molecule has 2 aromatic rings. The molecule has 1 N–H and O–H groups in total. The van der Waals surface area contributed by atoms with E-state index in [4.69, 9.17) is 4.74 Å². The molecule has 3 rings (SSSR count). The number of fused-ring (bicyclic) bond motifs is 1. The molecule has 112 valence electrons. The Bertz CT molecular complexity index is 778. The number of aromatic nitrogens is 2. The third-order valence-corrected chi connectivity index (χ3v) is 4.20. The van der Waals surface area contributed by atoms with Crippen LogP contribution in [0.1, 0.15) is 19.4 Å². The van der Waals surface area contributed by atoms with E-state index in [1.165, 1.54) is 4.57 Å². The van der Waals surface area contributed by atoms with E-state index in [0.717, 1.165) is 26.1 Å². The molecule has 21 heavy (non-hydrogen) atoms. The Labute approximate surface area is 122 Å². The fraction of sp³-hybridized carbons (Fsp3) is 0.467. The van der Waals surface area contributed by atoms with Gasteiger partial charge in [-0.1, -0.05) is 6.92 Å². The lowest BCUT2D eigenvalue weighted by molar-refractivity contribution is 0.338. The van der Waals surface area contributed by atoms with Crippen molar-refractivity contribution in [3.05, 3.63) is 39.0 Å². The van der Waals surface area contributed by atoms with Crippen molar-refractivity contribution in [1.82, 2.24) is 14.5 Å². The summed E-state index contributed by atoms with van der Waals surface area (Å²) in [5.74, 6) is 0.611. The number of nitrogens with zero attached hydrogens (tertiary/aromatic N) is 2. The van der Waals surface area contributed by atoms with Crippen LogP contribution in [0.15, 0.2) is 27.8 Å². The number of H-pyrrole nitrogens is 1. The molecule has 0 bridgehead atoms. The van der Waals surface area contributed by atoms with E-state index in [1.54, 1.807) is 25.3 Å². The Morgan fingerprint density at radius 1 is 1.38 bits per heavy atom. The molecule has 1 unspecified atom stereocenters. The number of hydrogen-bond acceptors (Lipinski definition) is 4. The van der Waals surface area contributed by atoms with Gasteiger partial charge in [0.15, 0.2) is 0 Å². The molecule has 0 radical (unpaired) electrons. The third-order valence-electron chi connectivity index (χ3n) is 4.20. The number of rotatable bonds is 3. The molecule has 0 amide bonds. The molecule has 2 heterocycles. The maximum atomic E-state index is 12.7. The molecular formula is C15H19N3O3. The predicted molar refractivity (Wildman–Crippen MR) is 81.1 cm³/mol. The van der Waals surface area contributed by atoms with Crippen LogP contribution in [0.4, 0.5) is 0 Å². The molecule has 1 fully saturated rings. The van der Waals surface area contributed by atoms with Gasteiger partial charge in [-0.2, -0.15) is 0 Å². The number of nitrogens with one attached hydrogen (secondary N) is 1. The second-order valence-corrected chi connectivity index (χ2v) is 5.35. The highest BCUT2D eigenvalue weighted by molar-refractivity contribution is 5.78. The van der Waals surface area contributed by atoms with Gasteiger partial charge in [0, 0.05) is 13.1 Å². The number of benzene rings is 1. The van der Waals surface area contributed by atoms with Crippen molar-refractivity contribution >= 4 is 10.9 Å². The fourth-order valence-corrected chi connectivity index (χ4v) is 2.98. The van der Waals surface area contributed by atoms with E-state index in [1.807, 2.05) is 0 Å². The molecule has 1 atom stereocenters. The topological polar surface area (TPSA) is 67.3 Å². The first-order valence-electron chi connectivity index (χ1n) is 7.19. The minimum atomic E-state index is -0.333. The first-order valence-corrected chi connectivity index (χ1v) is 7.19. The van der Waals surface area contributed by atoms with Crippen LogP contribution in [0, 0.1) is 0 Å². The predicted octanol–water partition coefficient (Wildman–Crippen LogP) is 0.965.